The van der Waals surface area contributed by atoms with Crippen LogP contribution in [0.4, 0.5) is 0 Å². The highest BCUT2D eigenvalue weighted by Crippen LogP contribution is 2.54. The molecule has 0 saturated carbocycles. The Bertz CT molecular complexity index is 660. The van der Waals surface area contributed by atoms with Crippen LogP contribution < -0.4 is 0 Å². The monoisotopic (exact) mass is 345 g/mol. The van der Waals surface area contributed by atoms with Crippen molar-refractivity contribution < 1.29 is 14.3 Å². The number of methoxy groups -OCH3 is 1. The maximum atomic E-state index is 12.4. The third-order valence-corrected chi connectivity index (χ3v) is 6.49. The van der Waals surface area contributed by atoms with Crippen LogP contribution in [0, 0.1) is 11.3 Å². The first-order chi connectivity index (χ1) is 11.8. The lowest BCUT2D eigenvalue weighted by Gasteiger charge is -2.49. The lowest BCUT2D eigenvalue weighted by atomic mass is 9.59. The van der Waals surface area contributed by atoms with E-state index >= 15 is 0 Å². The SMILES string of the molecule is CCCCO[C@H]1[C@H](OC)C=C2C=C3C(=C(C)C(=O)N3C)C[C@]2(C)[C@H]1C. The number of carbonyl (C=O) groups excluding carboxylic acids is 1. The number of nitrogens with zero attached hydrogens (tertiary/aromatic N) is 1. The van der Waals surface area contributed by atoms with Crippen molar-refractivity contribution in [1.82, 2.24) is 4.90 Å². The highest BCUT2D eigenvalue weighted by molar-refractivity contribution is 6.00. The number of allylic oxidation sites excluding steroid dienone is 3. The van der Waals surface area contributed by atoms with Crippen LogP contribution in [0.1, 0.15) is 47.0 Å². The molecule has 0 fully saturated rings. The Balaban J connectivity index is 2.00. The topological polar surface area (TPSA) is 38.8 Å². The molecule has 0 aromatic heterocycles. The fourth-order valence-electron chi connectivity index (χ4n) is 4.46. The van der Waals surface area contributed by atoms with Gasteiger partial charge in [-0.15, -0.1) is 0 Å². The van der Waals surface area contributed by atoms with Crippen LogP contribution in [0.15, 0.2) is 34.6 Å². The van der Waals surface area contributed by atoms with Gasteiger partial charge in [0, 0.05) is 37.4 Å². The Kier molecular flexibility index (Phi) is 4.95. The van der Waals surface area contributed by atoms with Gasteiger partial charge in [0.2, 0.25) is 0 Å². The molecule has 0 aromatic carbocycles. The zero-order valence-electron chi connectivity index (χ0n) is 16.4. The van der Waals surface area contributed by atoms with Gasteiger partial charge in [-0.3, -0.25) is 4.79 Å². The van der Waals surface area contributed by atoms with Crippen LogP contribution in [0.5, 0.6) is 0 Å². The second-order valence-corrected chi connectivity index (χ2v) is 7.89. The lowest BCUT2D eigenvalue weighted by Crippen LogP contribution is -2.49. The Labute approximate surface area is 151 Å². The second-order valence-electron chi connectivity index (χ2n) is 7.89. The third kappa shape index (κ3) is 2.80. The molecule has 0 spiro atoms. The minimum Gasteiger partial charge on any atom is -0.375 e. The van der Waals surface area contributed by atoms with Gasteiger partial charge in [-0.2, -0.15) is 0 Å². The highest BCUT2D eigenvalue weighted by atomic mass is 16.5. The van der Waals surface area contributed by atoms with Crippen LogP contribution >= 0.6 is 0 Å². The first kappa shape index (κ1) is 18.4. The Hall–Kier alpha value is -1.39. The Morgan fingerprint density at radius 1 is 1.40 bits per heavy atom. The number of hydrogen-bond donors (Lipinski definition) is 0. The molecule has 4 atom stereocenters. The first-order valence-corrected chi connectivity index (χ1v) is 9.41. The van der Waals surface area contributed by atoms with Crippen molar-refractivity contribution in [1.29, 1.82) is 0 Å². The maximum Gasteiger partial charge on any atom is 0.254 e. The summed E-state index contributed by atoms with van der Waals surface area (Å²) in [5.74, 6) is 0.434. The molecule has 138 valence electrons. The summed E-state index contributed by atoms with van der Waals surface area (Å²) < 4.78 is 12.0. The highest BCUT2D eigenvalue weighted by Gasteiger charge is 2.50. The smallest absolute Gasteiger partial charge is 0.254 e. The van der Waals surface area contributed by atoms with Gasteiger partial charge in [0.1, 0.15) is 6.10 Å². The van der Waals surface area contributed by atoms with Crippen LogP contribution in [0.2, 0.25) is 0 Å². The lowest BCUT2D eigenvalue weighted by molar-refractivity contribution is -0.123. The predicted molar refractivity (Wildman–Crippen MR) is 99.0 cm³/mol. The number of carbonyl (C=O) groups is 1. The van der Waals surface area contributed by atoms with E-state index in [1.807, 2.05) is 14.0 Å². The molecule has 0 bridgehead atoms. The van der Waals surface area contributed by atoms with Crippen LogP contribution in [0.3, 0.4) is 0 Å². The van der Waals surface area contributed by atoms with Crippen molar-refractivity contribution in [2.75, 3.05) is 20.8 Å². The summed E-state index contributed by atoms with van der Waals surface area (Å²) in [7, 11) is 3.62. The zero-order valence-corrected chi connectivity index (χ0v) is 16.4. The van der Waals surface area contributed by atoms with Gasteiger partial charge in [0.05, 0.1) is 6.10 Å². The summed E-state index contributed by atoms with van der Waals surface area (Å²) in [6, 6.07) is 0. The molecule has 2 aliphatic carbocycles. The zero-order chi connectivity index (χ0) is 18.4. The van der Waals surface area contributed by atoms with E-state index in [0.717, 1.165) is 37.1 Å². The van der Waals surface area contributed by atoms with Gasteiger partial charge in [0.25, 0.3) is 5.91 Å². The summed E-state index contributed by atoms with van der Waals surface area (Å²) in [4.78, 5) is 14.2. The van der Waals surface area contributed by atoms with Crippen molar-refractivity contribution in [3.63, 3.8) is 0 Å². The third-order valence-electron chi connectivity index (χ3n) is 6.49. The molecule has 0 aromatic rings. The van der Waals surface area contributed by atoms with E-state index in [0.29, 0.717) is 5.92 Å². The van der Waals surface area contributed by atoms with Gasteiger partial charge in [-0.05, 0) is 49.0 Å². The van der Waals surface area contributed by atoms with Gasteiger partial charge >= 0.3 is 0 Å². The Morgan fingerprint density at radius 3 is 2.76 bits per heavy atom. The number of amides is 1. The molecule has 0 saturated heterocycles. The summed E-state index contributed by atoms with van der Waals surface area (Å²) >= 11 is 0. The van der Waals surface area contributed by atoms with E-state index in [-0.39, 0.29) is 23.5 Å². The predicted octanol–water partition coefficient (Wildman–Crippen LogP) is 3.85. The van der Waals surface area contributed by atoms with Crippen molar-refractivity contribution in [3.05, 3.63) is 34.6 Å². The molecule has 3 aliphatic rings. The minimum atomic E-state index is -0.0409. The molecule has 3 rings (SSSR count). The first-order valence-electron chi connectivity index (χ1n) is 9.41. The normalized spacial score (nSPS) is 34.7. The molecule has 1 aliphatic heterocycles. The number of rotatable bonds is 5. The van der Waals surface area contributed by atoms with E-state index in [1.54, 1.807) is 12.0 Å². The fraction of sp³-hybridized carbons (Fsp3) is 0.667. The molecule has 4 nitrogen and oxygen atoms in total. The van der Waals surface area contributed by atoms with Crippen LogP contribution in [-0.2, 0) is 14.3 Å². The number of ether oxygens (including phenoxy) is 2. The molecule has 0 unspecified atom stereocenters. The number of unbranched alkanes of at least 4 members (excludes halogenated alkanes) is 1. The largest absolute Gasteiger partial charge is 0.375 e. The summed E-state index contributed by atoms with van der Waals surface area (Å²) in [5, 5.41) is 0. The molecule has 4 heteroatoms. The molecule has 1 heterocycles. The van der Waals surface area contributed by atoms with Crippen molar-refractivity contribution in [2.45, 2.75) is 59.2 Å². The van der Waals surface area contributed by atoms with Crippen LogP contribution in [-0.4, -0.2) is 43.8 Å². The number of hydrogen-bond acceptors (Lipinski definition) is 3. The summed E-state index contributed by atoms with van der Waals surface area (Å²) in [6.45, 7) is 9.48. The molecule has 1 amide bonds. The number of likely N-dealkylation sites (N-methyl/N-ethyl adjacent to an activating group) is 1. The average Bonchev–Trinajstić information content (AvgIpc) is 2.80. The van der Waals surface area contributed by atoms with Crippen molar-refractivity contribution in [3.8, 4) is 0 Å². The number of fused-ring (bicyclic) bond motifs is 2. The average molecular weight is 345 g/mol. The maximum absolute atomic E-state index is 12.4. The van der Waals surface area contributed by atoms with Gasteiger partial charge < -0.3 is 14.4 Å². The van der Waals surface area contributed by atoms with E-state index in [9.17, 15) is 4.79 Å². The fourth-order valence-corrected chi connectivity index (χ4v) is 4.46. The molecular formula is C21H31NO3. The van der Waals surface area contributed by atoms with Crippen molar-refractivity contribution in [2.24, 2.45) is 11.3 Å². The van der Waals surface area contributed by atoms with E-state index in [1.165, 1.54) is 11.1 Å². The Morgan fingerprint density at radius 2 is 2.12 bits per heavy atom. The van der Waals surface area contributed by atoms with E-state index < -0.39 is 0 Å². The van der Waals surface area contributed by atoms with Crippen molar-refractivity contribution >= 4 is 5.91 Å². The quantitative estimate of drug-likeness (QED) is 0.711. The van der Waals surface area contributed by atoms with Gasteiger partial charge in [-0.1, -0.05) is 27.2 Å². The standard InChI is InChI=1S/C21H31NO3/c1-7-8-9-25-19-14(3)21(4)12-16-13(2)20(23)22(5)17(16)10-15(21)11-18(19)24-6/h10-11,14,18-19H,7-9,12H2,1-6H3/t14-,18+,19+,21+/m0/s1. The molecular weight excluding hydrogens is 314 g/mol. The minimum absolute atomic E-state index is 0.0303. The van der Waals surface area contributed by atoms with Crippen LogP contribution in [0.25, 0.3) is 0 Å². The van der Waals surface area contributed by atoms with Gasteiger partial charge in [0.15, 0.2) is 0 Å². The summed E-state index contributed by atoms with van der Waals surface area (Å²) in [6.07, 6.45) is 7.50. The van der Waals surface area contributed by atoms with Gasteiger partial charge in [-0.25, -0.2) is 0 Å². The van der Waals surface area contributed by atoms with E-state index in [2.05, 4.69) is 32.9 Å². The van der Waals surface area contributed by atoms with E-state index in [4.69, 9.17) is 9.47 Å². The molecule has 25 heavy (non-hydrogen) atoms. The molecule has 0 radical (unpaired) electrons. The second kappa shape index (κ2) is 6.73. The molecule has 0 N–H and O–H groups in total. The summed E-state index contributed by atoms with van der Waals surface area (Å²) in [5.41, 5.74) is 4.38.